The van der Waals surface area contributed by atoms with Crippen LogP contribution in [0.2, 0.25) is 0 Å². The lowest BCUT2D eigenvalue weighted by molar-refractivity contribution is -0.0641. The second kappa shape index (κ2) is 8.99. The van der Waals surface area contributed by atoms with Gasteiger partial charge in [0.05, 0.1) is 0 Å². The zero-order chi connectivity index (χ0) is 16.7. The fourth-order valence-electron chi connectivity index (χ4n) is 1.65. The van der Waals surface area contributed by atoms with E-state index < -0.39 is 18.9 Å². The predicted molar refractivity (Wildman–Crippen MR) is 87.3 cm³/mol. The molecule has 3 unspecified atom stereocenters. The third kappa shape index (κ3) is 5.17. The van der Waals surface area contributed by atoms with Crippen molar-refractivity contribution in [3.05, 3.63) is 12.1 Å². The number of benzene rings is 1. The maximum Gasteiger partial charge on any atom is 0.206 e. The lowest BCUT2D eigenvalue weighted by Gasteiger charge is -2.24. The molecule has 6 nitrogen and oxygen atoms in total. The van der Waals surface area contributed by atoms with Crippen LogP contribution in [0, 0.1) is 0 Å². The van der Waals surface area contributed by atoms with Crippen molar-refractivity contribution < 1.29 is 28.4 Å². The van der Waals surface area contributed by atoms with Gasteiger partial charge in [0.2, 0.25) is 5.75 Å². The minimum absolute atomic E-state index is 0.400. The number of hydrogen-bond acceptors (Lipinski definition) is 6. The fourth-order valence-corrected chi connectivity index (χ4v) is 2.16. The Kier molecular flexibility index (Phi) is 7.67. The first-order chi connectivity index (χ1) is 10.4. The van der Waals surface area contributed by atoms with Gasteiger partial charge in [0.15, 0.2) is 30.4 Å². The van der Waals surface area contributed by atoms with Gasteiger partial charge in [0.1, 0.15) is 0 Å². The maximum atomic E-state index is 5.84. The topological polar surface area (TPSA) is 55.4 Å². The van der Waals surface area contributed by atoms with E-state index in [1.807, 2.05) is 19.1 Å². The van der Waals surface area contributed by atoms with Crippen molar-refractivity contribution in [3.8, 4) is 17.2 Å². The molecule has 1 aromatic rings. The molecule has 0 bridgehead atoms. The summed E-state index contributed by atoms with van der Waals surface area (Å²) in [7, 11) is 5.53. The molecule has 126 valence electrons. The van der Waals surface area contributed by atoms with Gasteiger partial charge in [-0.25, -0.2) is 0 Å². The van der Waals surface area contributed by atoms with Crippen LogP contribution < -0.4 is 19.4 Å². The zero-order valence-electron chi connectivity index (χ0n) is 14.3. The van der Waals surface area contributed by atoms with Crippen LogP contribution in [-0.4, -0.2) is 50.4 Å². The van der Waals surface area contributed by atoms with Gasteiger partial charge < -0.3 is 28.4 Å². The first-order valence-corrected chi connectivity index (χ1v) is 8.14. The van der Waals surface area contributed by atoms with Crippen molar-refractivity contribution in [2.75, 3.05) is 21.3 Å². The average molecular weight is 330 g/mol. The highest BCUT2D eigenvalue weighted by Gasteiger charge is 2.21. The monoisotopic (exact) mass is 330 g/mol. The van der Waals surface area contributed by atoms with Gasteiger partial charge in [-0.2, -0.15) is 0 Å². The Morgan fingerprint density at radius 1 is 0.727 bits per heavy atom. The lowest BCUT2D eigenvalue weighted by Crippen LogP contribution is -2.23. The van der Waals surface area contributed by atoms with Crippen LogP contribution in [0.3, 0.4) is 0 Å². The molecular formula is C15H26O6Si. The van der Waals surface area contributed by atoms with Crippen LogP contribution in [0.1, 0.15) is 20.8 Å². The minimum Gasteiger partial charge on any atom is -0.461 e. The third-order valence-corrected chi connectivity index (χ3v) is 3.92. The Morgan fingerprint density at radius 2 is 1.18 bits per heavy atom. The Bertz CT molecular complexity index is 468. The van der Waals surface area contributed by atoms with Crippen LogP contribution in [0.5, 0.6) is 17.2 Å². The average Bonchev–Trinajstić information content (AvgIpc) is 2.52. The van der Waals surface area contributed by atoms with Gasteiger partial charge in [-0.1, -0.05) is 6.07 Å². The summed E-state index contributed by atoms with van der Waals surface area (Å²) >= 11 is 0. The molecule has 0 aliphatic rings. The third-order valence-electron chi connectivity index (χ3n) is 3.13. The summed E-state index contributed by atoms with van der Waals surface area (Å²) in [6.07, 6.45) is -1.25. The zero-order valence-corrected chi connectivity index (χ0v) is 16.3. The number of methoxy groups -OCH3 is 3. The summed E-state index contributed by atoms with van der Waals surface area (Å²) in [5, 5.41) is 1.04. The molecule has 0 aromatic heterocycles. The Hall–Kier alpha value is -1.28. The first kappa shape index (κ1) is 18.8. The van der Waals surface area contributed by atoms with Crippen molar-refractivity contribution in [2.24, 2.45) is 0 Å². The van der Waals surface area contributed by atoms with Gasteiger partial charge in [-0.15, -0.1) is 0 Å². The van der Waals surface area contributed by atoms with Gasteiger partial charge in [-0.05, 0) is 32.0 Å². The molecule has 0 N–H and O–H groups in total. The number of rotatable bonds is 9. The van der Waals surface area contributed by atoms with E-state index >= 15 is 0 Å². The summed E-state index contributed by atoms with van der Waals surface area (Å²) in [6, 6.07) is 3.80. The highest BCUT2D eigenvalue weighted by molar-refractivity contribution is 6.34. The molecule has 0 spiro atoms. The summed E-state index contributed by atoms with van der Waals surface area (Å²) in [5.41, 5.74) is 0. The van der Waals surface area contributed by atoms with Gasteiger partial charge in [0, 0.05) is 31.6 Å². The van der Waals surface area contributed by atoms with E-state index in [9.17, 15) is 0 Å². The lowest BCUT2D eigenvalue weighted by atomic mass is 10.3. The normalized spacial score (nSPS) is 15.2. The summed E-state index contributed by atoms with van der Waals surface area (Å²) in [5.74, 6) is 1.65. The van der Waals surface area contributed by atoms with Crippen molar-refractivity contribution in [3.63, 3.8) is 0 Å². The van der Waals surface area contributed by atoms with Crippen LogP contribution >= 0.6 is 0 Å². The predicted octanol–water partition coefficient (Wildman–Crippen LogP) is 0.791. The molecule has 0 amide bonds. The number of hydrogen-bond donors (Lipinski definition) is 0. The van der Waals surface area contributed by atoms with Gasteiger partial charge >= 0.3 is 0 Å². The summed E-state index contributed by atoms with van der Waals surface area (Å²) in [4.78, 5) is 0. The van der Waals surface area contributed by atoms with Crippen molar-refractivity contribution in [2.45, 2.75) is 39.6 Å². The van der Waals surface area contributed by atoms with Crippen molar-refractivity contribution in [1.29, 1.82) is 0 Å². The molecule has 7 heteroatoms. The Labute approximate surface area is 135 Å². The Morgan fingerprint density at radius 3 is 1.68 bits per heavy atom. The molecule has 3 atom stereocenters. The van der Waals surface area contributed by atoms with Crippen LogP contribution in [-0.2, 0) is 14.2 Å². The molecule has 0 saturated heterocycles. The Balaban J connectivity index is 3.22. The fraction of sp³-hybridized carbons (Fsp3) is 0.600. The van der Waals surface area contributed by atoms with E-state index in [2.05, 4.69) is 0 Å². The second-order valence-corrected chi connectivity index (χ2v) is 5.88. The molecule has 1 rings (SSSR count). The van der Waals surface area contributed by atoms with Gasteiger partial charge in [-0.3, -0.25) is 0 Å². The minimum atomic E-state index is -0.441. The smallest absolute Gasteiger partial charge is 0.206 e. The van der Waals surface area contributed by atoms with Crippen LogP contribution in [0.25, 0.3) is 0 Å². The highest BCUT2D eigenvalue weighted by Crippen LogP contribution is 2.37. The largest absolute Gasteiger partial charge is 0.461 e. The van der Waals surface area contributed by atoms with E-state index in [0.717, 1.165) is 15.4 Å². The molecule has 0 saturated carbocycles. The van der Waals surface area contributed by atoms with Crippen molar-refractivity contribution in [1.82, 2.24) is 0 Å². The molecular weight excluding hydrogens is 304 g/mol. The van der Waals surface area contributed by atoms with Crippen LogP contribution in [0.15, 0.2) is 12.1 Å². The van der Waals surface area contributed by atoms with E-state index in [1.54, 1.807) is 35.2 Å². The molecule has 0 aliphatic heterocycles. The van der Waals surface area contributed by atoms with Crippen LogP contribution in [0.4, 0.5) is 0 Å². The van der Waals surface area contributed by atoms with Crippen molar-refractivity contribution >= 4 is 15.4 Å². The molecule has 0 fully saturated rings. The molecule has 1 aromatic carbocycles. The first-order valence-electron chi connectivity index (χ1n) is 7.14. The molecule has 0 heterocycles. The number of ether oxygens (including phenoxy) is 6. The quantitative estimate of drug-likeness (QED) is 0.493. The highest BCUT2D eigenvalue weighted by atomic mass is 28.1. The standard InChI is InChI=1S/C15H26O6Si/c1-9(16-4)19-12-7-8-13(22)15(21-11(3)18-6)14(12)20-10(2)17-5/h7-11H,1-6,22H3. The molecule has 0 radical (unpaired) electrons. The molecule has 22 heavy (non-hydrogen) atoms. The van der Waals surface area contributed by atoms with E-state index in [0.29, 0.717) is 17.2 Å². The SMILES string of the molecule is COC(C)Oc1ccc([SiH3])c(OC(C)OC)c1OC(C)OC. The summed E-state index contributed by atoms with van der Waals surface area (Å²) in [6.45, 7) is 5.42. The van der Waals surface area contributed by atoms with E-state index in [4.69, 9.17) is 28.4 Å². The molecule has 0 aliphatic carbocycles. The van der Waals surface area contributed by atoms with Gasteiger partial charge in [0.25, 0.3) is 0 Å². The van der Waals surface area contributed by atoms with E-state index in [1.165, 1.54) is 0 Å². The maximum absolute atomic E-state index is 5.84. The van der Waals surface area contributed by atoms with E-state index in [-0.39, 0.29) is 0 Å². The second-order valence-electron chi connectivity index (χ2n) is 4.80. The summed E-state index contributed by atoms with van der Waals surface area (Å²) < 4.78 is 32.9.